The SMILES string of the molecule is COc1ccc(OC)c(-c2nc(CN)c(C)s2)c1. The van der Waals surface area contributed by atoms with Crippen LogP contribution in [0.15, 0.2) is 18.2 Å². The number of aromatic nitrogens is 1. The second-order valence-corrected chi connectivity index (χ2v) is 5.00. The molecule has 18 heavy (non-hydrogen) atoms. The van der Waals surface area contributed by atoms with Gasteiger partial charge in [-0.25, -0.2) is 4.98 Å². The van der Waals surface area contributed by atoms with Crippen molar-refractivity contribution in [1.82, 2.24) is 4.98 Å². The maximum atomic E-state index is 5.66. The molecule has 4 nitrogen and oxygen atoms in total. The number of hydrogen-bond donors (Lipinski definition) is 1. The molecule has 0 saturated carbocycles. The zero-order valence-electron chi connectivity index (χ0n) is 10.7. The van der Waals surface area contributed by atoms with Crippen LogP contribution in [0.25, 0.3) is 10.6 Å². The molecular formula is C13H16N2O2S. The summed E-state index contributed by atoms with van der Waals surface area (Å²) in [6, 6.07) is 5.68. The summed E-state index contributed by atoms with van der Waals surface area (Å²) < 4.78 is 10.6. The summed E-state index contributed by atoms with van der Waals surface area (Å²) >= 11 is 1.61. The second-order valence-electron chi connectivity index (χ2n) is 3.79. The lowest BCUT2D eigenvalue weighted by atomic mass is 10.2. The van der Waals surface area contributed by atoms with E-state index in [1.54, 1.807) is 25.6 Å². The summed E-state index contributed by atoms with van der Waals surface area (Å²) in [5.41, 5.74) is 7.52. The fourth-order valence-corrected chi connectivity index (χ4v) is 2.68. The zero-order chi connectivity index (χ0) is 13.1. The number of methoxy groups -OCH3 is 2. The molecule has 96 valence electrons. The van der Waals surface area contributed by atoms with Crippen molar-refractivity contribution < 1.29 is 9.47 Å². The van der Waals surface area contributed by atoms with Crippen molar-refractivity contribution in [2.45, 2.75) is 13.5 Å². The van der Waals surface area contributed by atoms with Gasteiger partial charge in [-0.1, -0.05) is 0 Å². The summed E-state index contributed by atoms with van der Waals surface area (Å²) in [4.78, 5) is 5.68. The Balaban J connectivity index is 2.53. The van der Waals surface area contributed by atoms with Gasteiger partial charge in [0.1, 0.15) is 16.5 Å². The molecule has 2 aromatic rings. The van der Waals surface area contributed by atoms with Gasteiger partial charge in [0.2, 0.25) is 0 Å². The van der Waals surface area contributed by atoms with Crippen LogP contribution in [-0.4, -0.2) is 19.2 Å². The summed E-state index contributed by atoms with van der Waals surface area (Å²) in [7, 11) is 3.29. The minimum atomic E-state index is 0.453. The topological polar surface area (TPSA) is 57.4 Å². The first-order chi connectivity index (χ1) is 8.69. The van der Waals surface area contributed by atoms with E-state index in [4.69, 9.17) is 15.2 Å². The molecule has 1 heterocycles. The summed E-state index contributed by atoms with van der Waals surface area (Å²) in [6.45, 7) is 2.48. The molecule has 2 rings (SSSR count). The standard InChI is InChI=1S/C13H16N2O2S/c1-8-11(7-14)15-13(18-8)10-6-9(16-2)4-5-12(10)17-3/h4-6H,7,14H2,1-3H3. The van der Waals surface area contributed by atoms with Crippen molar-refractivity contribution in [3.63, 3.8) is 0 Å². The number of ether oxygens (including phenoxy) is 2. The number of benzene rings is 1. The van der Waals surface area contributed by atoms with E-state index in [1.807, 2.05) is 25.1 Å². The van der Waals surface area contributed by atoms with E-state index in [1.165, 1.54) is 0 Å². The van der Waals surface area contributed by atoms with E-state index in [0.717, 1.165) is 32.6 Å². The van der Waals surface area contributed by atoms with Gasteiger partial charge in [-0.2, -0.15) is 0 Å². The third-order valence-corrected chi connectivity index (χ3v) is 3.77. The highest BCUT2D eigenvalue weighted by molar-refractivity contribution is 7.15. The fraction of sp³-hybridized carbons (Fsp3) is 0.308. The minimum Gasteiger partial charge on any atom is -0.497 e. The summed E-state index contributed by atoms with van der Waals surface area (Å²) in [6.07, 6.45) is 0. The quantitative estimate of drug-likeness (QED) is 0.922. The maximum Gasteiger partial charge on any atom is 0.129 e. The number of rotatable bonds is 4. The van der Waals surface area contributed by atoms with Crippen molar-refractivity contribution in [2.24, 2.45) is 5.73 Å². The van der Waals surface area contributed by atoms with E-state index in [0.29, 0.717) is 6.54 Å². The molecule has 0 amide bonds. The summed E-state index contributed by atoms with van der Waals surface area (Å²) in [5.74, 6) is 1.57. The van der Waals surface area contributed by atoms with Crippen molar-refractivity contribution >= 4 is 11.3 Å². The first kappa shape index (κ1) is 12.9. The molecule has 0 aliphatic heterocycles. The Morgan fingerprint density at radius 3 is 2.61 bits per heavy atom. The molecule has 0 fully saturated rings. The smallest absolute Gasteiger partial charge is 0.129 e. The fourth-order valence-electron chi connectivity index (χ4n) is 1.71. The van der Waals surface area contributed by atoms with Crippen molar-refractivity contribution in [2.75, 3.05) is 14.2 Å². The first-order valence-electron chi connectivity index (χ1n) is 5.58. The third kappa shape index (κ3) is 2.32. The van der Waals surface area contributed by atoms with Gasteiger partial charge in [0.15, 0.2) is 0 Å². The van der Waals surface area contributed by atoms with Crippen LogP contribution in [-0.2, 0) is 6.54 Å². The van der Waals surface area contributed by atoms with Crippen LogP contribution in [0.2, 0.25) is 0 Å². The molecule has 0 radical (unpaired) electrons. The molecular weight excluding hydrogens is 248 g/mol. The van der Waals surface area contributed by atoms with E-state index < -0.39 is 0 Å². The van der Waals surface area contributed by atoms with Crippen LogP contribution >= 0.6 is 11.3 Å². The Bertz CT molecular complexity index is 552. The maximum absolute atomic E-state index is 5.66. The van der Waals surface area contributed by atoms with E-state index in [-0.39, 0.29) is 0 Å². The molecule has 0 aliphatic carbocycles. The molecule has 0 spiro atoms. The average molecular weight is 264 g/mol. The van der Waals surface area contributed by atoms with Crippen molar-refractivity contribution in [3.8, 4) is 22.1 Å². The Morgan fingerprint density at radius 1 is 1.28 bits per heavy atom. The molecule has 0 aliphatic rings. The molecule has 0 atom stereocenters. The first-order valence-corrected chi connectivity index (χ1v) is 6.40. The van der Waals surface area contributed by atoms with Gasteiger partial charge in [0.25, 0.3) is 0 Å². The largest absolute Gasteiger partial charge is 0.497 e. The normalized spacial score (nSPS) is 10.4. The van der Waals surface area contributed by atoms with Crippen molar-refractivity contribution in [3.05, 3.63) is 28.8 Å². The van der Waals surface area contributed by atoms with Crippen LogP contribution in [0.5, 0.6) is 11.5 Å². The Kier molecular flexibility index (Phi) is 3.84. The van der Waals surface area contributed by atoms with Crippen molar-refractivity contribution in [1.29, 1.82) is 0 Å². The molecule has 0 unspecified atom stereocenters. The van der Waals surface area contributed by atoms with E-state index in [2.05, 4.69) is 4.98 Å². The lowest BCUT2D eigenvalue weighted by molar-refractivity contribution is 0.404. The number of nitrogens with two attached hydrogens (primary N) is 1. The van der Waals surface area contributed by atoms with Gasteiger partial charge in [-0.15, -0.1) is 11.3 Å². The van der Waals surface area contributed by atoms with E-state index >= 15 is 0 Å². The predicted molar refractivity (Wildman–Crippen MR) is 73.3 cm³/mol. The van der Waals surface area contributed by atoms with Gasteiger partial charge in [0.05, 0.1) is 25.5 Å². The Hall–Kier alpha value is -1.59. The van der Waals surface area contributed by atoms with Gasteiger partial charge in [-0.05, 0) is 25.1 Å². The number of aryl methyl sites for hydroxylation is 1. The van der Waals surface area contributed by atoms with Gasteiger partial charge in [-0.3, -0.25) is 0 Å². The Labute approximate surface area is 110 Å². The monoisotopic (exact) mass is 264 g/mol. The highest BCUT2D eigenvalue weighted by Gasteiger charge is 2.13. The van der Waals surface area contributed by atoms with Crippen LogP contribution < -0.4 is 15.2 Å². The minimum absolute atomic E-state index is 0.453. The molecule has 0 saturated heterocycles. The summed E-state index contributed by atoms with van der Waals surface area (Å²) in [5, 5.41) is 0.906. The van der Waals surface area contributed by atoms with Crippen LogP contribution in [0.1, 0.15) is 10.6 Å². The lowest BCUT2D eigenvalue weighted by Gasteiger charge is -2.08. The third-order valence-electron chi connectivity index (χ3n) is 2.72. The molecule has 1 aromatic heterocycles. The molecule has 0 bridgehead atoms. The molecule has 5 heteroatoms. The number of hydrogen-bond acceptors (Lipinski definition) is 5. The highest BCUT2D eigenvalue weighted by atomic mass is 32.1. The second kappa shape index (κ2) is 5.37. The number of nitrogens with zero attached hydrogens (tertiary/aromatic N) is 1. The average Bonchev–Trinajstić information content (AvgIpc) is 2.79. The van der Waals surface area contributed by atoms with Gasteiger partial charge < -0.3 is 15.2 Å². The van der Waals surface area contributed by atoms with Crippen LogP contribution in [0.3, 0.4) is 0 Å². The molecule has 2 N–H and O–H groups in total. The Morgan fingerprint density at radius 2 is 2.06 bits per heavy atom. The number of thiazole rings is 1. The highest BCUT2D eigenvalue weighted by Crippen LogP contribution is 2.36. The lowest BCUT2D eigenvalue weighted by Crippen LogP contribution is -1.98. The van der Waals surface area contributed by atoms with E-state index in [9.17, 15) is 0 Å². The van der Waals surface area contributed by atoms with Crippen LogP contribution in [0.4, 0.5) is 0 Å². The zero-order valence-corrected chi connectivity index (χ0v) is 11.5. The van der Waals surface area contributed by atoms with Gasteiger partial charge >= 0.3 is 0 Å². The molecule has 1 aromatic carbocycles. The van der Waals surface area contributed by atoms with Crippen LogP contribution in [0, 0.1) is 6.92 Å². The van der Waals surface area contributed by atoms with Gasteiger partial charge in [0, 0.05) is 11.4 Å². The predicted octanol–water partition coefficient (Wildman–Crippen LogP) is 2.59.